The van der Waals surface area contributed by atoms with Crippen molar-refractivity contribution >= 4 is 21.8 Å². The summed E-state index contributed by atoms with van der Waals surface area (Å²) in [5, 5.41) is 9.04. The van der Waals surface area contributed by atoms with Gasteiger partial charge in [-0.1, -0.05) is 41.1 Å². The fourth-order valence-electron chi connectivity index (χ4n) is 1.69. The summed E-state index contributed by atoms with van der Waals surface area (Å²) < 4.78 is 0. The molecule has 96 valence electrons. The minimum absolute atomic E-state index is 0.0766. The van der Waals surface area contributed by atoms with Crippen LogP contribution in [0.5, 0.6) is 0 Å². The van der Waals surface area contributed by atoms with E-state index in [1.54, 1.807) is 11.0 Å². The van der Waals surface area contributed by atoms with E-state index in [0.29, 0.717) is 18.7 Å². The molecule has 0 spiro atoms. The Labute approximate surface area is 117 Å². The molecule has 18 heavy (non-hydrogen) atoms. The first kappa shape index (κ1) is 14.7. The highest BCUT2D eigenvalue weighted by molar-refractivity contribution is 9.10. The summed E-state index contributed by atoms with van der Waals surface area (Å²) in [6.45, 7) is 5.04. The van der Waals surface area contributed by atoms with Crippen molar-refractivity contribution in [2.75, 3.05) is 6.54 Å². The van der Waals surface area contributed by atoms with Gasteiger partial charge < -0.3 is 4.90 Å². The van der Waals surface area contributed by atoms with Crippen LogP contribution in [0.4, 0.5) is 0 Å². The number of alkyl halides is 1. The van der Waals surface area contributed by atoms with Gasteiger partial charge >= 0.3 is 0 Å². The van der Waals surface area contributed by atoms with E-state index in [0.717, 1.165) is 12.0 Å². The largest absolute Gasteiger partial charge is 0.338 e. The molecule has 0 saturated carbocycles. The molecule has 1 atom stereocenters. The second kappa shape index (κ2) is 7.17. The predicted octanol–water partition coefficient (Wildman–Crippen LogP) is 3.08. The number of nitrogens with zero attached hydrogens (tertiary/aromatic N) is 2. The molecule has 0 heterocycles. The first-order valence-corrected chi connectivity index (χ1v) is 6.96. The Morgan fingerprint density at radius 2 is 2.11 bits per heavy atom. The summed E-state index contributed by atoms with van der Waals surface area (Å²) >= 11 is 3.38. The van der Waals surface area contributed by atoms with E-state index in [1.807, 2.05) is 32.0 Å². The molecule has 0 aliphatic heterocycles. The highest BCUT2D eigenvalue weighted by Gasteiger charge is 2.19. The molecule has 4 heteroatoms. The molecule has 0 aliphatic rings. The average Bonchev–Trinajstić information content (AvgIpc) is 2.43. The third kappa shape index (κ3) is 3.58. The number of nitriles is 1. The van der Waals surface area contributed by atoms with Gasteiger partial charge in [-0.25, -0.2) is 0 Å². The monoisotopic (exact) mass is 308 g/mol. The van der Waals surface area contributed by atoms with Crippen molar-refractivity contribution in [3.05, 3.63) is 35.4 Å². The third-order valence-electron chi connectivity index (χ3n) is 2.82. The number of benzene rings is 1. The first-order valence-electron chi connectivity index (χ1n) is 6.04. The number of carbonyl (C=O) groups excluding carboxylic acids is 1. The van der Waals surface area contributed by atoms with E-state index < -0.39 is 0 Å². The molecular formula is C14H17BrN2O. The fraction of sp³-hybridized carbons (Fsp3) is 0.429. The number of halogens is 1. The summed E-state index contributed by atoms with van der Waals surface area (Å²) in [7, 11) is 0. The maximum atomic E-state index is 12.1. The summed E-state index contributed by atoms with van der Waals surface area (Å²) in [5.41, 5.74) is 1.53. The van der Waals surface area contributed by atoms with Crippen molar-refractivity contribution in [2.24, 2.45) is 0 Å². The van der Waals surface area contributed by atoms with Gasteiger partial charge in [0, 0.05) is 13.1 Å². The van der Waals surface area contributed by atoms with Crippen LogP contribution < -0.4 is 0 Å². The molecular weight excluding hydrogens is 292 g/mol. The minimum Gasteiger partial charge on any atom is -0.338 e. The summed E-state index contributed by atoms with van der Waals surface area (Å²) in [6.07, 6.45) is 0.759. The van der Waals surface area contributed by atoms with Gasteiger partial charge in [-0.05, 0) is 25.0 Å². The number of carbonyl (C=O) groups is 1. The number of hydrogen-bond donors (Lipinski definition) is 0. The van der Waals surface area contributed by atoms with E-state index in [4.69, 9.17) is 5.26 Å². The van der Waals surface area contributed by atoms with Crippen LogP contribution in [0.3, 0.4) is 0 Å². The van der Waals surface area contributed by atoms with Crippen LogP contribution in [0, 0.1) is 11.3 Å². The Kier molecular flexibility index (Phi) is 5.87. The molecule has 0 radical (unpaired) electrons. The van der Waals surface area contributed by atoms with Crippen molar-refractivity contribution in [2.45, 2.75) is 31.6 Å². The topological polar surface area (TPSA) is 44.1 Å². The second-order valence-electron chi connectivity index (χ2n) is 4.00. The molecule has 1 rings (SSSR count). The Morgan fingerprint density at radius 1 is 1.44 bits per heavy atom. The van der Waals surface area contributed by atoms with Crippen LogP contribution in [0.15, 0.2) is 24.3 Å². The SMILES string of the molecule is CCC(Br)C(=O)N(CC)Cc1ccccc1C#N. The molecule has 1 aromatic rings. The van der Waals surface area contributed by atoms with Crippen LogP contribution in [-0.4, -0.2) is 22.2 Å². The zero-order valence-corrected chi connectivity index (χ0v) is 12.3. The Morgan fingerprint density at radius 3 is 2.67 bits per heavy atom. The molecule has 0 fully saturated rings. The van der Waals surface area contributed by atoms with E-state index in [1.165, 1.54) is 0 Å². The lowest BCUT2D eigenvalue weighted by molar-refractivity contribution is -0.130. The van der Waals surface area contributed by atoms with E-state index >= 15 is 0 Å². The summed E-state index contributed by atoms with van der Waals surface area (Å²) in [4.78, 5) is 13.7. The third-order valence-corrected chi connectivity index (χ3v) is 3.86. The summed E-state index contributed by atoms with van der Waals surface area (Å²) in [6, 6.07) is 9.55. The maximum Gasteiger partial charge on any atom is 0.236 e. The van der Waals surface area contributed by atoms with Gasteiger partial charge in [-0.2, -0.15) is 5.26 Å². The van der Waals surface area contributed by atoms with Crippen LogP contribution in [0.2, 0.25) is 0 Å². The molecule has 0 aliphatic carbocycles. The molecule has 0 saturated heterocycles. The quantitative estimate of drug-likeness (QED) is 0.785. The number of rotatable bonds is 5. The zero-order chi connectivity index (χ0) is 13.5. The van der Waals surface area contributed by atoms with Crippen LogP contribution in [0.25, 0.3) is 0 Å². The average molecular weight is 309 g/mol. The smallest absolute Gasteiger partial charge is 0.236 e. The molecule has 1 amide bonds. The van der Waals surface area contributed by atoms with Crippen molar-refractivity contribution in [1.29, 1.82) is 5.26 Å². The van der Waals surface area contributed by atoms with Gasteiger partial charge in [0.1, 0.15) is 0 Å². The van der Waals surface area contributed by atoms with Gasteiger partial charge in [0.05, 0.1) is 16.5 Å². The van der Waals surface area contributed by atoms with Crippen LogP contribution >= 0.6 is 15.9 Å². The molecule has 0 bridgehead atoms. The van der Waals surface area contributed by atoms with E-state index in [9.17, 15) is 4.79 Å². The van der Waals surface area contributed by atoms with Gasteiger partial charge in [-0.3, -0.25) is 4.79 Å². The Balaban J connectivity index is 2.87. The molecule has 0 aromatic heterocycles. The van der Waals surface area contributed by atoms with Crippen molar-refractivity contribution in [3.63, 3.8) is 0 Å². The molecule has 1 unspecified atom stereocenters. The highest BCUT2D eigenvalue weighted by atomic mass is 79.9. The Bertz CT molecular complexity index is 453. The molecule has 1 aromatic carbocycles. The lowest BCUT2D eigenvalue weighted by Crippen LogP contribution is -2.36. The van der Waals surface area contributed by atoms with Crippen LogP contribution in [-0.2, 0) is 11.3 Å². The fourth-order valence-corrected chi connectivity index (χ4v) is 1.98. The minimum atomic E-state index is -0.147. The maximum absolute atomic E-state index is 12.1. The van der Waals surface area contributed by atoms with Crippen molar-refractivity contribution in [1.82, 2.24) is 4.90 Å². The first-order chi connectivity index (χ1) is 8.63. The number of amides is 1. The van der Waals surface area contributed by atoms with Crippen molar-refractivity contribution < 1.29 is 4.79 Å². The second-order valence-corrected chi connectivity index (χ2v) is 5.10. The zero-order valence-electron chi connectivity index (χ0n) is 10.7. The lowest BCUT2D eigenvalue weighted by Gasteiger charge is -2.23. The molecule has 3 nitrogen and oxygen atoms in total. The van der Waals surface area contributed by atoms with E-state index in [-0.39, 0.29) is 10.7 Å². The highest BCUT2D eigenvalue weighted by Crippen LogP contribution is 2.14. The Hall–Kier alpha value is -1.34. The van der Waals surface area contributed by atoms with Gasteiger partial charge in [-0.15, -0.1) is 0 Å². The standard InChI is InChI=1S/C14H17BrN2O/c1-3-13(15)14(18)17(4-2)10-12-8-6-5-7-11(12)9-16/h5-8,13H,3-4,10H2,1-2H3. The number of hydrogen-bond acceptors (Lipinski definition) is 2. The summed E-state index contributed by atoms with van der Waals surface area (Å²) in [5.74, 6) is 0.0766. The predicted molar refractivity (Wildman–Crippen MR) is 75.3 cm³/mol. The van der Waals surface area contributed by atoms with E-state index in [2.05, 4.69) is 22.0 Å². The normalized spacial score (nSPS) is 11.7. The van der Waals surface area contributed by atoms with Gasteiger partial charge in [0.2, 0.25) is 5.91 Å². The molecule has 0 N–H and O–H groups in total. The van der Waals surface area contributed by atoms with Crippen LogP contribution in [0.1, 0.15) is 31.4 Å². The van der Waals surface area contributed by atoms with Crippen molar-refractivity contribution in [3.8, 4) is 6.07 Å². The lowest BCUT2D eigenvalue weighted by atomic mass is 10.1. The van der Waals surface area contributed by atoms with Gasteiger partial charge in [0.25, 0.3) is 0 Å². The van der Waals surface area contributed by atoms with Gasteiger partial charge in [0.15, 0.2) is 0 Å².